The van der Waals surface area contributed by atoms with Crippen LogP contribution in [0.25, 0.3) is 26.2 Å². The summed E-state index contributed by atoms with van der Waals surface area (Å²) in [6.07, 6.45) is 2.78. The minimum Gasteiger partial charge on any atom is -0.367 e. The fourth-order valence-electron chi connectivity index (χ4n) is 3.76. The Morgan fingerprint density at radius 3 is 2.72 bits per heavy atom. The van der Waals surface area contributed by atoms with E-state index < -0.39 is 6.10 Å². The van der Waals surface area contributed by atoms with Gasteiger partial charge in [-0.1, -0.05) is 23.7 Å². The van der Waals surface area contributed by atoms with E-state index in [-0.39, 0.29) is 11.3 Å². The van der Waals surface area contributed by atoms with Crippen LogP contribution in [0.3, 0.4) is 0 Å². The van der Waals surface area contributed by atoms with E-state index in [0.29, 0.717) is 34.3 Å². The molecule has 5 rings (SSSR count). The molecule has 0 radical (unpaired) electrons. The summed E-state index contributed by atoms with van der Waals surface area (Å²) >= 11 is 7.43. The number of nitrogens with zero attached hydrogens (tertiary/aromatic N) is 3. The normalized spacial score (nSPS) is 17.0. The number of ether oxygens (including phenoxy) is 1. The van der Waals surface area contributed by atoms with Gasteiger partial charge in [0.1, 0.15) is 16.5 Å². The van der Waals surface area contributed by atoms with Crippen molar-refractivity contribution in [2.24, 2.45) is 0 Å². The predicted molar refractivity (Wildman–Crippen MR) is 127 cm³/mol. The molecule has 1 aliphatic heterocycles. The molecule has 0 spiro atoms. The van der Waals surface area contributed by atoms with E-state index in [1.165, 1.54) is 11.3 Å². The predicted octanol–water partition coefficient (Wildman–Crippen LogP) is 4.28. The summed E-state index contributed by atoms with van der Waals surface area (Å²) in [7, 11) is 1.96. The van der Waals surface area contributed by atoms with Crippen LogP contribution in [-0.4, -0.2) is 53.1 Å². The average molecular weight is 466 g/mol. The second-order valence-corrected chi connectivity index (χ2v) is 9.27. The van der Waals surface area contributed by atoms with Crippen molar-refractivity contribution < 1.29 is 9.53 Å². The molecule has 1 atom stereocenters. The molecule has 1 fully saturated rings. The van der Waals surface area contributed by atoms with Crippen molar-refractivity contribution in [1.29, 1.82) is 0 Å². The van der Waals surface area contributed by atoms with Gasteiger partial charge in [0, 0.05) is 34.6 Å². The van der Waals surface area contributed by atoms with E-state index in [4.69, 9.17) is 16.3 Å². The molecule has 3 aromatic heterocycles. The molecule has 8 heteroatoms. The molecule has 0 saturated carbocycles. The fourth-order valence-corrected chi connectivity index (χ4v) is 4.98. The number of aromatic nitrogens is 2. The molecule has 1 aromatic carbocycles. The molecule has 32 heavy (non-hydrogen) atoms. The standard InChI is InChI=1S/C24H20ClN3O3S/c1-27-10-11-31-20(14-27)22(29)19-7-6-18(13-26-19)28-9-8-16-12-21(32-23(16)24(28)30)15-2-4-17(25)5-3-15/h2-9,12-13,20H,10-11,14H2,1H3. The van der Waals surface area contributed by atoms with E-state index in [0.717, 1.165) is 22.4 Å². The molecule has 4 heterocycles. The maximum atomic E-state index is 13.2. The van der Waals surface area contributed by atoms with Crippen LogP contribution < -0.4 is 5.56 Å². The van der Waals surface area contributed by atoms with Crippen molar-refractivity contribution in [3.05, 3.63) is 82.0 Å². The topological polar surface area (TPSA) is 64.4 Å². The molecular formula is C24H20ClN3O3S. The highest BCUT2D eigenvalue weighted by atomic mass is 35.5. The number of morpholine rings is 1. The zero-order valence-electron chi connectivity index (χ0n) is 17.3. The van der Waals surface area contributed by atoms with Crippen molar-refractivity contribution in [1.82, 2.24) is 14.5 Å². The first-order valence-corrected chi connectivity index (χ1v) is 11.4. The van der Waals surface area contributed by atoms with Crippen molar-refractivity contribution >= 4 is 38.8 Å². The number of hydrogen-bond donors (Lipinski definition) is 0. The molecule has 1 aliphatic rings. The lowest BCUT2D eigenvalue weighted by molar-refractivity contribution is -0.00889. The Labute approximate surface area is 193 Å². The Morgan fingerprint density at radius 2 is 2.00 bits per heavy atom. The maximum absolute atomic E-state index is 13.2. The van der Waals surface area contributed by atoms with Gasteiger partial charge < -0.3 is 9.64 Å². The van der Waals surface area contributed by atoms with Gasteiger partial charge in [0.25, 0.3) is 5.56 Å². The van der Waals surface area contributed by atoms with Crippen molar-refractivity contribution in [3.63, 3.8) is 0 Å². The summed E-state index contributed by atoms with van der Waals surface area (Å²) in [5, 5.41) is 1.56. The second kappa shape index (κ2) is 8.60. The van der Waals surface area contributed by atoms with Crippen LogP contribution >= 0.6 is 22.9 Å². The van der Waals surface area contributed by atoms with E-state index in [2.05, 4.69) is 9.88 Å². The van der Waals surface area contributed by atoms with Gasteiger partial charge in [0.2, 0.25) is 5.78 Å². The van der Waals surface area contributed by atoms with Gasteiger partial charge in [-0.3, -0.25) is 19.1 Å². The Hall–Kier alpha value is -2.84. The third kappa shape index (κ3) is 4.00. The molecule has 1 unspecified atom stereocenters. The summed E-state index contributed by atoms with van der Waals surface area (Å²) < 4.78 is 7.82. The zero-order valence-corrected chi connectivity index (χ0v) is 18.9. The zero-order chi connectivity index (χ0) is 22.2. The molecule has 162 valence electrons. The number of pyridine rings is 2. The summed E-state index contributed by atoms with van der Waals surface area (Å²) in [5.74, 6) is -0.142. The third-order valence-corrected chi connectivity index (χ3v) is 6.99. The number of Topliss-reactive ketones (excluding diaryl/α,β-unsaturated/α-hetero) is 1. The van der Waals surface area contributed by atoms with E-state index in [1.54, 1.807) is 29.1 Å². The Balaban J connectivity index is 1.44. The van der Waals surface area contributed by atoms with Crippen LogP contribution in [0.1, 0.15) is 10.5 Å². The van der Waals surface area contributed by atoms with Crippen LogP contribution in [0.15, 0.2) is 65.7 Å². The Morgan fingerprint density at radius 1 is 1.19 bits per heavy atom. The van der Waals surface area contributed by atoms with Gasteiger partial charge >= 0.3 is 0 Å². The SMILES string of the molecule is CN1CCOC(C(=O)c2ccc(-n3ccc4cc(-c5ccc(Cl)cc5)sc4c3=O)cn2)C1. The van der Waals surface area contributed by atoms with Gasteiger partial charge in [-0.2, -0.15) is 0 Å². The fraction of sp³-hybridized carbons (Fsp3) is 0.208. The Kier molecular flexibility index (Phi) is 5.65. The first kappa shape index (κ1) is 21.0. The number of rotatable bonds is 4. The van der Waals surface area contributed by atoms with Gasteiger partial charge in [-0.05, 0) is 49.0 Å². The smallest absolute Gasteiger partial charge is 0.273 e. The molecule has 1 saturated heterocycles. The molecular weight excluding hydrogens is 446 g/mol. The number of fused-ring (bicyclic) bond motifs is 1. The first-order chi connectivity index (χ1) is 15.5. The number of ketones is 1. The summed E-state index contributed by atoms with van der Waals surface area (Å²) in [4.78, 5) is 33.3. The number of carbonyl (C=O) groups excluding carboxylic acids is 1. The molecule has 0 amide bonds. The summed E-state index contributed by atoms with van der Waals surface area (Å²) in [5.41, 5.74) is 1.84. The highest BCUT2D eigenvalue weighted by molar-refractivity contribution is 7.22. The minimum absolute atomic E-state index is 0.120. The monoisotopic (exact) mass is 465 g/mol. The quantitative estimate of drug-likeness (QED) is 0.421. The lowest BCUT2D eigenvalue weighted by Gasteiger charge is -2.28. The average Bonchev–Trinajstić information content (AvgIpc) is 3.25. The van der Waals surface area contributed by atoms with E-state index >= 15 is 0 Å². The lowest BCUT2D eigenvalue weighted by atomic mass is 10.1. The van der Waals surface area contributed by atoms with Crippen LogP contribution in [0.5, 0.6) is 0 Å². The summed E-state index contributed by atoms with van der Waals surface area (Å²) in [6.45, 7) is 1.88. The van der Waals surface area contributed by atoms with Gasteiger partial charge in [0.05, 0.1) is 18.5 Å². The molecule has 0 bridgehead atoms. The highest BCUT2D eigenvalue weighted by Crippen LogP contribution is 2.32. The van der Waals surface area contributed by atoms with Crippen molar-refractivity contribution in [3.8, 4) is 16.1 Å². The number of thiophene rings is 1. The minimum atomic E-state index is -0.511. The van der Waals surface area contributed by atoms with Crippen LogP contribution in [-0.2, 0) is 4.74 Å². The largest absolute Gasteiger partial charge is 0.367 e. The van der Waals surface area contributed by atoms with Gasteiger partial charge in [0.15, 0.2) is 0 Å². The maximum Gasteiger partial charge on any atom is 0.273 e. The number of carbonyl (C=O) groups is 1. The van der Waals surface area contributed by atoms with Crippen molar-refractivity contribution in [2.75, 3.05) is 26.7 Å². The molecule has 4 aromatic rings. The molecule has 0 aliphatic carbocycles. The van der Waals surface area contributed by atoms with Crippen LogP contribution in [0.4, 0.5) is 0 Å². The second-order valence-electron chi connectivity index (χ2n) is 7.78. The third-order valence-electron chi connectivity index (χ3n) is 5.55. The number of halogens is 1. The van der Waals surface area contributed by atoms with E-state index in [9.17, 15) is 9.59 Å². The lowest BCUT2D eigenvalue weighted by Crippen LogP contribution is -2.44. The first-order valence-electron chi connectivity index (χ1n) is 10.2. The van der Waals surface area contributed by atoms with Gasteiger partial charge in [-0.15, -0.1) is 11.3 Å². The molecule has 6 nitrogen and oxygen atoms in total. The van der Waals surface area contributed by atoms with Crippen molar-refractivity contribution in [2.45, 2.75) is 6.10 Å². The highest BCUT2D eigenvalue weighted by Gasteiger charge is 2.26. The Bertz CT molecular complexity index is 1350. The molecule has 0 N–H and O–H groups in total. The summed E-state index contributed by atoms with van der Waals surface area (Å²) in [6, 6.07) is 14.9. The van der Waals surface area contributed by atoms with Crippen LogP contribution in [0, 0.1) is 0 Å². The number of benzene rings is 1. The van der Waals surface area contributed by atoms with E-state index in [1.807, 2.05) is 43.4 Å². The number of likely N-dealkylation sites (N-methyl/N-ethyl adjacent to an activating group) is 1. The number of hydrogen-bond acceptors (Lipinski definition) is 6. The van der Waals surface area contributed by atoms with Crippen LogP contribution in [0.2, 0.25) is 5.02 Å². The van der Waals surface area contributed by atoms with Gasteiger partial charge in [-0.25, -0.2) is 0 Å².